The zero-order valence-electron chi connectivity index (χ0n) is 13.8. The number of hydrogen-bond donors (Lipinski definition) is 0. The van der Waals surface area contributed by atoms with E-state index in [9.17, 15) is 0 Å². The van der Waals surface area contributed by atoms with Crippen molar-refractivity contribution in [3.63, 3.8) is 0 Å². The van der Waals surface area contributed by atoms with E-state index in [1.807, 2.05) is 12.2 Å². The summed E-state index contributed by atoms with van der Waals surface area (Å²) in [5.74, 6) is 0. The molecule has 0 unspecified atom stereocenters. The Morgan fingerprint density at radius 1 is 0.600 bits per heavy atom. The molecule has 0 nitrogen and oxygen atoms in total. The maximum absolute atomic E-state index is 3.67. The van der Waals surface area contributed by atoms with E-state index in [-0.39, 0.29) is 0 Å². The van der Waals surface area contributed by atoms with Gasteiger partial charge in [0.1, 0.15) is 0 Å². The first-order chi connectivity index (χ1) is 9.91. The molecule has 0 spiro atoms. The van der Waals surface area contributed by atoms with E-state index in [4.69, 9.17) is 0 Å². The maximum atomic E-state index is 3.67. The lowest BCUT2D eigenvalue weighted by molar-refractivity contribution is 0.620. The Balaban J connectivity index is 3.08. The Bertz CT molecular complexity index is 234. The number of rotatable bonds is 15. The summed E-state index contributed by atoms with van der Waals surface area (Å²) in [4.78, 5) is 0. The molecule has 0 radical (unpaired) electrons. The average Bonchev–Trinajstić information content (AvgIpc) is 2.47. The van der Waals surface area contributed by atoms with Crippen molar-refractivity contribution in [1.82, 2.24) is 0 Å². The van der Waals surface area contributed by atoms with Gasteiger partial charge in [-0.15, -0.1) is 0 Å². The predicted octanol–water partition coefficient (Wildman–Crippen LogP) is 7.38. The van der Waals surface area contributed by atoms with Gasteiger partial charge in [0.15, 0.2) is 0 Å². The Labute approximate surface area is 128 Å². The molecule has 20 heavy (non-hydrogen) atoms. The number of allylic oxidation sites excluding steroid dienone is 5. The molecule has 0 aliphatic rings. The van der Waals surface area contributed by atoms with Crippen LogP contribution in [0.5, 0.6) is 0 Å². The molecule has 0 saturated heterocycles. The molecule has 0 amide bonds. The van der Waals surface area contributed by atoms with Crippen LogP contribution in [0.25, 0.3) is 0 Å². The fourth-order valence-corrected chi connectivity index (χ4v) is 2.35. The first kappa shape index (κ1) is 19.2. The average molecular weight is 277 g/mol. The third-order valence-electron chi connectivity index (χ3n) is 3.65. The van der Waals surface area contributed by atoms with Gasteiger partial charge in [-0.3, -0.25) is 0 Å². The lowest BCUT2D eigenvalue weighted by atomic mass is 10.1. The third-order valence-corrected chi connectivity index (χ3v) is 3.65. The molecule has 0 heteroatoms. The fraction of sp³-hybridized carbons (Fsp3) is 0.700. The van der Waals surface area contributed by atoms with Crippen LogP contribution >= 0.6 is 0 Å². The number of hydrogen-bond acceptors (Lipinski definition) is 0. The van der Waals surface area contributed by atoms with Crippen molar-refractivity contribution < 1.29 is 0 Å². The summed E-state index contributed by atoms with van der Waals surface area (Å²) in [6, 6.07) is 0. The topological polar surface area (TPSA) is 0 Å². The summed E-state index contributed by atoms with van der Waals surface area (Å²) in [5, 5.41) is 0. The first-order valence-electron chi connectivity index (χ1n) is 8.84. The molecule has 0 aromatic heterocycles. The second-order valence-electron chi connectivity index (χ2n) is 5.68. The molecule has 0 saturated carbocycles. The Morgan fingerprint density at radius 2 is 1.05 bits per heavy atom. The van der Waals surface area contributed by atoms with E-state index >= 15 is 0 Å². The van der Waals surface area contributed by atoms with Crippen LogP contribution in [0.1, 0.15) is 90.4 Å². The van der Waals surface area contributed by atoms with E-state index in [2.05, 4.69) is 31.7 Å². The van der Waals surface area contributed by atoms with Crippen LogP contribution in [0.15, 0.2) is 37.0 Å². The number of unbranched alkanes of at least 4 members (excludes halogenated alkanes) is 11. The quantitative estimate of drug-likeness (QED) is 0.166. The van der Waals surface area contributed by atoms with Crippen LogP contribution in [-0.4, -0.2) is 0 Å². The molecule has 0 bridgehead atoms. The Morgan fingerprint density at radius 3 is 1.55 bits per heavy atom. The van der Waals surface area contributed by atoms with Crippen LogP contribution in [0, 0.1) is 0 Å². The van der Waals surface area contributed by atoms with Gasteiger partial charge in [0.25, 0.3) is 0 Å². The van der Waals surface area contributed by atoms with Crippen molar-refractivity contribution in [1.29, 1.82) is 0 Å². The highest BCUT2D eigenvalue weighted by atomic mass is 14.0. The lowest BCUT2D eigenvalue weighted by Crippen LogP contribution is -1.79. The van der Waals surface area contributed by atoms with Gasteiger partial charge in [-0.1, -0.05) is 88.8 Å². The lowest BCUT2D eigenvalue weighted by Gasteiger charge is -1.98. The highest BCUT2D eigenvalue weighted by Gasteiger charge is 1.89. The highest BCUT2D eigenvalue weighted by Crippen LogP contribution is 2.09. The summed E-state index contributed by atoms with van der Waals surface area (Å²) in [5.41, 5.74) is 0. The molecule has 116 valence electrons. The Hall–Kier alpha value is -0.780. The van der Waals surface area contributed by atoms with E-state index in [1.165, 1.54) is 83.5 Å². The van der Waals surface area contributed by atoms with Gasteiger partial charge >= 0.3 is 0 Å². The van der Waals surface area contributed by atoms with Crippen LogP contribution in [0.3, 0.4) is 0 Å². The second kappa shape index (κ2) is 18.2. The standard InChI is InChI=1S/C20H36/c1-3-5-7-9-11-13-15-17-19-20-18-16-14-12-10-8-6-4-2/h3,5,7,16,18H,1,4,6,8-15,17,19-20H2,2H3. The van der Waals surface area contributed by atoms with Gasteiger partial charge in [0, 0.05) is 0 Å². The van der Waals surface area contributed by atoms with Crippen molar-refractivity contribution in [2.45, 2.75) is 90.4 Å². The molecular weight excluding hydrogens is 240 g/mol. The van der Waals surface area contributed by atoms with Gasteiger partial charge in [-0.2, -0.15) is 0 Å². The fourth-order valence-electron chi connectivity index (χ4n) is 2.35. The van der Waals surface area contributed by atoms with E-state index in [0.717, 1.165) is 0 Å². The minimum absolute atomic E-state index is 1.21. The molecule has 0 heterocycles. The smallest absolute Gasteiger partial charge is 0.0348 e. The largest absolute Gasteiger partial charge is 0.0991 e. The van der Waals surface area contributed by atoms with Crippen LogP contribution < -0.4 is 0 Å². The van der Waals surface area contributed by atoms with Crippen LogP contribution in [0.2, 0.25) is 0 Å². The second-order valence-corrected chi connectivity index (χ2v) is 5.68. The van der Waals surface area contributed by atoms with Crippen molar-refractivity contribution in [3.8, 4) is 0 Å². The molecular formula is C20H36. The third kappa shape index (κ3) is 17.2. The monoisotopic (exact) mass is 276 g/mol. The van der Waals surface area contributed by atoms with Gasteiger partial charge in [0.2, 0.25) is 0 Å². The summed E-state index contributed by atoms with van der Waals surface area (Å²) < 4.78 is 0. The summed E-state index contributed by atoms with van der Waals surface area (Å²) in [6.45, 7) is 5.95. The van der Waals surface area contributed by atoms with Crippen molar-refractivity contribution in [2.24, 2.45) is 0 Å². The van der Waals surface area contributed by atoms with Crippen molar-refractivity contribution in [2.75, 3.05) is 0 Å². The Kier molecular flexibility index (Phi) is 17.5. The molecule has 0 aliphatic carbocycles. The zero-order chi connectivity index (χ0) is 14.7. The molecule has 0 aliphatic heterocycles. The van der Waals surface area contributed by atoms with Crippen LogP contribution in [-0.2, 0) is 0 Å². The van der Waals surface area contributed by atoms with Crippen LogP contribution in [0.4, 0.5) is 0 Å². The first-order valence-corrected chi connectivity index (χ1v) is 8.84. The van der Waals surface area contributed by atoms with Gasteiger partial charge < -0.3 is 0 Å². The molecule has 0 atom stereocenters. The molecule has 0 rings (SSSR count). The predicted molar refractivity (Wildman–Crippen MR) is 94.2 cm³/mol. The normalized spacial score (nSPS) is 11.7. The van der Waals surface area contributed by atoms with Gasteiger partial charge in [-0.05, 0) is 38.5 Å². The van der Waals surface area contributed by atoms with Gasteiger partial charge in [0.05, 0.1) is 0 Å². The molecule has 0 fully saturated rings. The highest BCUT2D eigenvalue weighted by molar-refractivity contribution is 4.96. The maximum Gasteiger partial charge on any atom is -0.0348 e. The minimum Gasteiger partial charge on any atom is -0.0991 e. The van der Waals surface area contributed by atoms with Crippen molar-refractivity contribution >= 4 is 0 Å². The minimum atomic E-state index is 1.21. The SMILES string of the molecule is C=CC=CCCCCCCCC=CCCCCCCC. The van der Waals surface area contributed by atoms with Crippen molar-refractivity contribution in [3.05, 3.63) is 37.0 Å². The summed E-state index contributed by atoms with van der Waals surface area (Å²) >= 11 is 0. The summed E-state index contributed by atoms with van der Waals surface area (Å²) in [7, 11) is 0. The van der Waals surface area contributed by atoms with E-state index in [0.29, 0.717) is 0 Å². The molecule has 0 aromatic rings. The van der Waals surface area contributed by atoms with Gasteiger partial charge in [-0.25, -0.2) is 0 Å². The molecule has 0 aromatic carbocycles. The molecule has 0 N–H and O–H groups in total. The van der Waals surface area contributed by atoms with E-state index < -0.39 is 0 Å². The zero-order valence-corrected chi connectivity index (χ0v) is 13.8. The summed E-state index contributed by atoms with van der Waals surface area (Å²) in [6.07, 6.45) is 28.5. The van der Waals surface area contributed by atoms with E-state index in [1.54, 1.807) is 0 Å².